The fourth-order valence-electron chi connectivity index (χ4n) is 2.30. The second-order valence-electron chi connectivity index (χ2n) is 5.06. The monoisotopic (exact) mass is 356 g/mol. The van der Waals surface area contributed by atoms with Crippen LogP contribution in [0, 0.1) is 11.3 Å². The van der Waals surface area contributed by atoms with Crippen LogP contribution in [0.5, 0.6) is 17.2 Å². The fraction of sp³-hybridized carbons (Fsp3) is 0.111. The van der Waals surface area contributed by atoms with Crippen LogP contribution in [-0.2, 0) is 4.79 Å². The van der Waals surface area contributed by atoms with Gasteiger partial charge < -0.3 is 19.5 Å². The van der Waals surface area contributed by atoms with Gasteiger partial charge in [0.1, 0.15) is 11.6 Å². The van der Waals surface area contributed by atoms with E-state index >= 15 is 0 Å². The number of nitrogens with zero attached hydrogens (tertiary/aromatic N) is 1. The van der Waals surface area contributed by atoms with E-state index in [1.165, 1.54) is 13.2 Å². The molecule has 0 aliphatic carbocycles. The zero-order valence-corrected chi connectivity index (χ0v) is 14.0. The van der Waals surface area contributed by atoms with Gasteiger partial charge in [-0.15, -0.1) is 0 Å². The van der Waals surface area contributed by atoms with Gasteiger partial charge in [0.25, 0.3) is 5.91 Å². The third kappa shape index (κ3) is 3.52. The van der Waals surface area contributed by atoms with E-state index in [0.717, 1.165) is 0 Å². The lowest BCUT2D eigenvalue weighted by Crippen LogP contribution is -2.13. The quantitative estimate of drug-likeness (QED) is 0.668. The molecule has 1 heterocycles. The van der Waals surface area contributed by atoms with Gasteiger partial charge in [0.05, 0.1) is 17.8 Å². The Kier molecular flexibility index (Phi) is 4.78. The van der Waals surface area contributed by atoms with Crippen molar-refractivity contribution >= 4 is 29.3 Å². The van der Waals surface area contributed by atoms with Crippen molar-refractivity contribution in [2.45, 2.75) is 0 Å². The SMILES string of the molecule is COc1cc(/C=C(\C#N)C(=O)Nc2ccccc2Cl)cc2c1OCO2. The van der Waals surface area contributed by atoms with Gasteiger partial charge in [0.2, 0.25) is 12.5 Å². The Hall–Kier alpha value is -3.17. The summed E-state index contributed by atoms with van der Waals surface area (Å²) in [7, 11) is 1.50. The first-order chi connectivity index (χ1) is 12.1. The molecule has 0 aromatic heterocycles. The minimum atomic E-state index is -0.563. The summed E-state index contributed by atoms with van der Waals surface area (Å²) in [5.74, 6) is 0.894. The summed E-state index contributed by atoms with van der Waals surface area (Å²) in [6.07, 6.45) is 1.44. The summed E-state index contributed by atoms with van der Waals surface area (Å²) >= 11 is 6.02. The van der Waals surface area contributed by atoms with E-state index in [1.54, 1.807) is 36.4 Å². The molecule has 0 saturated carbocycles. The van der Waals surface area contributed by atoms with Gasteiger partial charge in [-0.3, -0.25) is 4.79 Å². The van der Waals surface area contributed by atoms with Crippen molar-refractivity contribution in [3.8, 4) is 23.3 Å². The van der Waals surface area contributed by atoms with Crippen molar-refractivity contribution in [1.29, 1.82) is 5.26 Å². The van der Waals surface area contributed by atoms with Crippen LogP contribution in [0.3, 0.4) is 0 Å². The molecule has 2 aromatic carbocycles. The predicted octanol–water partition coefficient (Wildman–Crippen LogP) is 3.62. The summed E-state index contributed by atoms with van der Waals surface area (Å²) in [6.45, 7) is 0.0942. The molecule has 0 fully saturated rings. The molecule has 0 saturated heterocycles. The van der Waals surface area contributed by atoms with Crippen molar-refractivity contribution < 1.29 is 19.0 Å². The number of anilines is 1. The Bertz CT molecular complexity index is 902. The van der Waals surface area contributed by atoms with Crippen molar-refractivity contribution in [2.24, 2.45) is 0 Å². The molecule has 6 nitrogen and oxygen atoms in total. The molecule has 2 aromatic rings. The van der Waals surface area contributed by atoms with Crippen LogP contribution in [0.2, 0.25) is 5.02 Å². The summed E-state index contributed by atoms with van der Waals surface area (Å²) in [5.41, 5.74) is 0.923. The largest absolute Gasteiger partial charge is 0.493 e. The number of carbonyl (C=O) groups excluding carboxylic acids is 1. The molecule has 0 spiro atoms. The molecule has 1 N–H and O–H groups in total. The molecule has 1 amide bonds. The van der Waals surface area contributed by atoms with E-state index in [-0.39, 0.29) is 12.4 Å². The highest BCUT2D eigenvalue weighted by atomic mass is 35.5. The summed E-state index contributed by atoms with van der Waals surface area (Å²) in [6, 6.07) is 12.0. The second kappa shape index (κ2) is 7.16. The van der Waals surface area contributed by atoms with Gasteiger partial charge in [0.15, 0.2) is 11.5 Å². The van der Waals surface area contributed by atoms with Gasteiger partial charge in [-0.2, -0.15) is 5.26 Å². The third-order valence-corrected chi connectivity index (χ3v) is 3.81. The zero-order valence-electron chi connectivity index (χ0n) is 13.2. The predicted molar refractivity (Wildman–Crippen MR) is 92.8 cm³/mol. The number of carbonyl (C=O) groups is 1. The van der Waals surface area contributed by atoms with Gasteiger partial charge in [-0.05, 0) is 35.9 Å². The Labute approximate surface area is 149 Å². The number of hydrogen-bond acceptors (Lipinski definition) is 5. The summed E-state index contributed by atoms with van der Waals surface area (Å²) in [5, 5.41) is 12.3. The van der Waals surface area contributed by atoms with Crippen molar-refractivity contribution in [1.82, 2.24) is 0 Å². The first-order valence-electron chi connectivity index (χ1n) is 7.27. The topological polar surface area (TPSA) is 80.6 Å². The number of ether oxygens (including phenoxy) is 3. The number of amides is 1. The maximum absolute atomic E-state index is 12.3. The highest BCUT2D eigenvalue weighted by Gasteiger charge is 2.20. The van der Waals surface area contributed by atoms with Gasteiger partial charge in [-0.1, -0.05) is 23.7 Å². The number of nitriles is 1. The number of methoxy groups -OCH3 is 1. The smallest absolute Gasteiger partial charge is 0.266 e. The van der Waals surface area contributed by atoms with Crippen LogP contribution < -0.4 is 19.5 Å². The second-order valence-corrected chi connectivity index (χ2v) is 5.47. The van der Waals surface area contributed by atoms with E-state index in [2.05, 4.69) is 5.32 Å². The number of halogens is 1. The van der Waals surface area contributed by atoms with E-state index in [1.807, 2.05) is 6.07 Å². The van der Waals surface area contributed by atoms with Crippen LogP contribution in [-0.4, -0.2) is 19.8 Å². The highest BCUT2D eigenvalue weighted by molar-refractivity contribution is 6.34. The number of fused-ring (bicyclic) bond motifs is 1. The van der Waals surface area contributed by atoms with Crippen molar-refractivity contribution in [2.75, 3.05) is 19.2 Å². The average Bonchev–Trinajstić information content (AvgIpc) is 3.09. The maximum Gasteiger partial charge on any atom is 0.266 e. The molecule has 25 heavy (non-hydrogen) atoms. The number of rotatable bonds is 4. The van der Waals surface area contributed by atoms with Crippen LogP contribution in [0.1, 0.15) is 5.56 Å². The standard InChI is InChI=1S/C18H13ClN2O4/c1-23-15-7-11(8-16-17(15)25-10-24-16)6-12(9-20)18(22)21-14-5-3-2-4-13(14)19/h2-8H,10H2,1H3,(H,21,22)/b12-6+. The van der Waals surface area contributed by atoms with E-state index < -0.39 is 5.91 Å². The van der Waals surface area contributed by atoms with Crippen LogP contribution in [0.15, 0.2) is 42.0 Å². The van der Waals surface area contributed by atoms with Crippen molar-refractivity contribution in [3.05, 3.63) is 52.6 Å². The molecule has 0 atom stereocenters. The van der Waals surface area contributed by atoms with Gasteiger partial charge in [-0.25, -0.2) is 0 Å². The van der Waals surface area contributed by atoms with Gasteiger partial charge in [0, 0.05) is 0 Å². The Morgan fingerprint density at radius 2 is 2.16 bits per heavy atom. The molecular weight excluding hydrogens is 344 g/mol. The lowest BCUT2D eigenvalue weighted by Gasteiger charge is -2.08. The molecular formula is C18H13ClN2O4. The lowest BCUT2D eigenvalue weighted by atomic mass is 10.1. The molecule has 1 aliphatic heterocycles. The molecule has 0 unspecified atom stereocenters. The van der Waals surface area contributed by atoms with E-state index in [4.69, 9.17) is 25.8 Å². The van der Waals surface area contributed by atoms with E-state index in [0.29, 0.717) is 33.5 Å². The number of nitrogens with one attached hydrogen (secondary N) is 1. The molecule has 1 aliphatic rings. The van der Waals surface area contributed by atoms with Crippen LogP contribution in [0.4, 0.5) is 5.69 Å². The first-order valence-corrected chi connectivity index (χ1v) is 7.65. The molecule has 126 valence electrons. The summed E-state index contributed by atoms with van der Waals surface area (Å²) in [4.78, 5) is 12.3. The third-order valence-electron chi connectivity index (χ3n) is 3.48. The number of hydrogen-bond donors (Lipinski definition) is 1. The summed E-state index contributed by atoms with van der Waals surface area (Å²) < 4.78 is 15.9. The number of benzene rings is 2. The van der Waals surface area contributed by atoms with Crippen LogP contribution in [0.25, 0.3) is 6.08 Å². The Morgan fingerprint density at radius 3 is 2.88 bits per heavy atom. The highest BCUT2D eigenvalue weighted by Crippen LogP contribution is 2.42. The van der Waals surface area contributed by atoms with Crippen LogP contribution >= 0.6 is 11.6 Å². The lowest BCUT2D eigenvalue weighted by molar-refractivity contribution is -0.112. The molecule has 0 bridgehead atoms. The average molecular weight is 357 g/mol. The minimum absolute atomic E-state index is 0.0826. The first kappa shape index (κ1) is 16.7. The molecule has 3 rings (SSSR count). The van der Waals surface area contributed by atoms with Gasteiger partial charge >= 0.3 is 0 Å². The Balaban J connectivity index is 1.89. The van der Waals surface area contributed by atoms with E-state index in [9.17, 15) is 10.1 Å². The normalized spacial score (nSPS) is 12.4. The maximum atomic E-state index is 12.3. The minimum Gasteiger partial charge on any atom is -0.493 e. The zero-order chi connectivity index (χ0) is 17.8. The fourth-order valence-corrected chi connectivity index (χ4v) is 2.48. The number of para-hydroxylation sites is 1. The van der Waals surface area contributed by atoms with Crippen molar-refractivity contribution in [3.63, 3.8) is 0 Å². The Morgan fingerprint density at radius 1 is 1.36 bits per heavy atom. The molecule has 7 heteroatoms. The molecule has 0 radical (unpaired) electrons.